The maximum Gasteiger partial charge on any atom is 0.0687 e. The van der Waals surface area contributed by atoms with Crippen molar-refractivity contribution in [1.29, 1.82) is 0 Å². The van der Waals surface area contributed by atoms with Gasteiger partial charge in [0.25, 0.3) is 0 Å². The quantitative estimate of drug-likeness (QED) is 0.779. The lowest BCUT2D eigenvalue weighted by Crippen LogP contribution is -2.39. The van der Waals surface area contributed by atoms with E-state index < -0.39 is 0 Å². The van der Waals surface area contributed by atoms with E-state index in [1.807, 2.05) is 0 Å². The highest BCUT2D eigenvalue weighted by Gasteiger charge is 2.44. The smallest absolute Gasteiger partial charge is 0.0687 e. The van der Waals surface area contributed by atoms with Gasteiger partial charge in [0.2, 0.25) is 0 Å². The van der Waals surface area contributed by atoms with Gasteiger partial charge in [-0.05, 0) is 44.4 Å². The minimum atomic E-state index is -0.136. The van der Waals surface area contributed by atoms with Gasteiger partial charge in [-0.15, -0.1) is 0 Å². The molecule has 0 radical (unpaired) electrons. The van der Waals surface area contributed by atoms with E-state index in [2.05, 4.69) is 13.8 Å². The molecule has 2 fully saturated rings. The molecule has 2 rings (SSSR count). The third-order valence-corrected chi connectivity index (χ3v) is 5.12. The molecule has 0 bridgehead atoms. The normalized spacial score (nSPS) is 29.2. The SMILES string of the molecule is CC(C)CC(CN)(CO)CC1CCC2(CCCC2)O1. The predicted octanol–water partition coefficient (Wildman–Crippen LogP) is 2.85. The second kappa shape index (κ2) is 6.11. The van der Waals surface area contributed by atoms with Gasteiger partial charge < -0.3 is 15.6 Å². The molecule has 1 heterocycles. The van der Waals surface area contributed by atoms with E-state index in [4.69, 9.17) is 10.5 Å². The summed E-state index contributed by atoms with van der Waals surface area (Å²) in [6.45, 7) is 5.16. The molecular formula is C16H31NO2. The fourth-order valence-electron chi connectivity index (χ4n) is 4.22. The van der Waals surface area contributed by atoms with Crippen LogP contribution in [0.1, 0.15) is 65.2 Å². The average molecular weight is 269 g/mol. The summed E-state index contributed by atoms with van der Waals surface area (Å²) in [6, 6.07) is 0. The summed E-state index contributed by atoms with van der Waals surface area (Å²) in [6.07, 6.45) is 9.72. The molecule has 0 aromatic rings. The van der Waals surface area contributed by atoms with Gasteiger partial charge in [0, 0.05) is 12.0 Å². The van der Waals surface area contributed by atoms with Crippen LogP contribution in [0.3, 0.4) is 0 Å². The highest BCUT2D eigenvalue weighted by molar-refractivity contribution is 4.95. The van der Waals surface area contributed by atoms with E-state index in [-0.39, 0.29) is 17.6 Å². The third-order valence-electron chi connectivity index (χ3n) is 5.12. The minimum Gasteiger partial charge on any atom is -0.396 e. The molecule has 2 atom stereocenters. The Morgan fingerprint density at radius 1 is 1.32 bits per heavy atom. The van der Waals surface area contributed by atoms with Gasteiger partial charge in [0.1, 0.15) is 0 Å². The molecule has 1 saturated carbocycles. The Morgan fingerprint density at radius 2 is 2.00 bits per heavy atom. The van der Waals surface area contributed by atoms with Crippen molar-refractivity contribution in [3.63, 3.8) is 0 Å². The van der Waals surface area contributed by atoms with Crippen molar-refractivity contribution in [1.82, 2.24) is 0 Å². The van der Waals surface area contributed by atoms with Crippen molar-refractivity contribution in [2.24, 2.45) is 17.1 Å². The largest absolute Gasteiger partial charge is 0.396 e. The van der Waals surface area contributed by atoms with Gasteiger partial charge in [0.05, 0.1) is 18.3 Å². The van der Waals surface area contributed by atoms with Crippen LogP contribution in [0.5, 0.6) is 0 Å². The van der Waals surface area contributed by atoms with Crippen molar-refractivity contribution in [2.45, 2.75) is 76.9 Å². The number of hydrogen-bond acceptors (Lipinski definition) is 3. The van der Waals surface area contributed by atoms with Crippen LogP contribution in [0.2, 0.25) is 0 Å². The average Bonchev–Trinajstić information content (AvgIpc) is 2.99. The first-order chi connectivity index (χ1) is 9.03. The number of aliphatic hydroxyl groups is 1. The Hall–Kier alpha value is -0.120. The fraction of sp³-hybridized carbons (Fsp3) is 1.00. The van der Waals surface area contributed by atoms with Crippen molar-refractivity contribution in [3.05, 3.63) is 0 Å². The van der Waals surface area contributed by atoms with Crippen LogP contribution >= 0.6 is 0 Å². The number of nitrogens with two attached hydrogens (primary N) is 1. The van der Waals surface area contributed by atoms with Crippen LogP contribution in [0.4, 0.5) is 0 Å². The fourth-order valence-corrected chi connectivity index (χ4v) is 4.22. The summed E-state index contributed by atoms with van der Waals surface area (Å²) >= 11 is 0. The predicted molar refractivity (Wildman–Crippen MR) is 78.0 cm³/mol. The number of hydrogen-bond donors (Lipinski definition) is 2. The van der Waals surface area contributed by atoms with Gasteiger partial charge in [-0.25, -0.2) is 0 Å². The highest BCUT2D eigenvalue weighted by atomic mass is 16.5. The lowest BCUT2D eigenvalue weighted by Gasteiger charge is -2.35. The molecule has 112 valence electrons. The third kappa shape index (κ3) is 3.50. The maximum atomic E-state index is 9.81. The zero-order valence-electron chi connectivity index (χ0n) is 12.7. The van der Waals surface area contributed by atoms with Crippen LogP contribution in [0.25, 0.3) is 0 Å². The first-order valence-corrected chi connectivity index (χ1v) is 8.02. The second-order valence-corrected chi connectivity index (χ2v) is 7.33. The Bertz CT molecular complexity index is 280. The Labute approximate surface area is 117 Å². The molecule has 0 amide bonds. The van der Waals surface area contributed by atoms with Gasteiger partial charge in [-0.2, -0.15) is 0 Å². The molecule has 19 heavy (non-hydrogen) atoms. The number of rotatable bonds is 6. The van der Waals surface area contributed by atoms with Crippen molar-refractivity contribution in [3.8, 4) is 0 Å². The van der Waals surface area contributed by atoms with Gasteiger partial charge in [0.15, 0.2) is 0 Å². The lowest BCUT2D eigenvalue weighted by molar-refractivity contribution is -0.0614. The monoisotopic (exact) mass is 269 g/mol. The van der Waals surface area contributed by atoms with Crippen LogP contribution in [0, 0.1) is 11.3 Å². The zero-order chi connectivity index (χ0) is 13.9. The topological polar surface area (TPSA) is 55.5 Å². The van der Waals surface area contributed by atoms with E-state index >= 15 is 0 Å². The molecule has 1 aliphatic heterocycles. The summed E-state index contributed by atoms with van der Waals surface area (Å²) in [7, 11) is 0. The minimum absolute atomic E-state index is 0.136. The molecule has 2 aliphatic rings. The maximum absolute atomic E-state index is 9.81. The Balaban J connectivity index is 1.94. The lowest BCUT2D eigenvalue weighted by atomic mass is 9.76. The molecule has 0 aromatic carbocycles. The van der Waals surface area contributed by atoms with Gasteiger partial charge >= 0.3 is 0 Å². The Morgan fingerprint density at radius 3 is 2.53 bits per heavy atom. The summed E-state index contributed by atoms with van der Waals surface area (Å²) in [5.74, 6) is 0.567. The number of ether oxygens (including phenoxy) is 1. The molecule has 2 unspecified atom stereocenters. The molecule has 0 aromatic heterocycles. The molecule has 1 aliphatic carbocycles. The van der Waals surface area contributed by atoms with Crippen molar-refractivity contribution in [2.75, 3.05) is 13.2 Å². The first-order valence-electron chi connectivity index (χ1n) is 8.02. The summed E-state index contributed by atoms with van der Waals surface area (Å²) in [5.41, 5.74) is 6.03. The van der Waals surface area contributed by atoms with Crippen molar-refractivity contribution >= 4 is 0 Å². The van der Waals surface area contributed by atoms with Crippen LogP contribution in [-0.2, 0) is 4.74 Å². The molecular weight excluding hydrogens is 238 g/mol. The standard InChI is InChI=1S/C16H31NO2/c1-13(2)9-15(11-17,12-18)10-14-5-8-16(19-14)6-3-4-7-16/h13-14,18H,3-12,17H2,1-2H3. The van der Waals surface area contributed by atoms with Gasteiger partial charge in [-0.1, -0.05) is 26.7 Å². The van der Waals surface area contributed by atoms with E-state index in [9.17, 15) is 5.11 Å². The molecule has 3 N–H and O–H groups in total. The molecule has 1 saturated heterocycles. The molecule has 1 spiro atoms. The summed E-state index contributed by atoms with van der Waals surface area (Å²) in [4.78, 5) is 0. The first kappa shape index (κ1) is 15.3. The van der Waals surface area contributed by atoms with Crippen LogP contribution in [-0.4, -0.2) is 30.0 Å². The van der Waals surface area contributed by atoms with Crippen molar-refractivity contribution < 1.29 is 9.84 Å². The van der Waals surface area contributed by atoms with E-state index in [0.29, 0.717) is 18.6 Å². The van der Waals surface area contributed by atoms with Crippen LogP contribution in [0.15, 0.2) is 0 Å². The van der Waals surface area contributed by atoms with E-state index in [1.165, 1.54) is 32.1 Å². The second-order valence-electron chi connectivity index (χ2n) is 7.33. The molecule has 3 nitrogen and oxygen atoms in total. The van der Waals surface area contributed by atoms with Gasteiger partial charge in [-0.3, -0.25) is 0 Å². The van der Waals surface area contributed by atoms with Crippen LogP contribution < -0.4 is 5.73 Å². The zero-order valence-corrected chi connectivity index (χ0v) is 12.7. The van der Waals surface area contributed by atoms with E-state index in [0.717, 1.165) is 19.3 Å². The number of aliphatic hydroxyl groups excluding tert-OH is 1. The summed E-state index contributed by atoms with van der Waals surface area (Å²) in [5, 5.41) is 9.81. The Kier molecular flexibility index (Phi) is 4.91. The summed E-state index contributed by atoms with van der Waals surface area (Å²) < 4.78 is 6.38. The molecule has 3 heteroatoms. The van der Waals surface area contributed by atoms with E-state index in [1.54, 1.807) is 0 Å². The highest BCUT2D eigenvalue weighted by Crippen LogP contribution is 2.46.